The lowest BCUT2D eigenvalue weighted by molar-refractivity contribution is -0.114. The van der Waals surface area contributed by atoms with Crippen LogP contribution in [0.4, 0.5) is 5.69 Å². The molecule has 1 aromatic heterocycles. The second kappa shape index (κ2) is 8.62. The molecule has 2 aromatic carbocycles. The molecule has 0 unspecified atom stereocenters. The van der Waals surface area contributed by atoms with Crippen LogP contribution in [-0.2, 0) is 11.3 Å². The molecule has 0 aliphatic rings. The normalized spacial score (nSPS) is 10.1. The first-order valence-corrected chi connectivity index (χ1v) is 8.44. The van der Waals surface area contributed by atoms with Crippen LogP contribution in [0.3, 0.4) is 0 Å². The van der Waals surface area contributed by atoms with Crippen molar-refractivity contribution in [2.45, 2.75) is 13.5 Å². The first kappa shape index (κ1) is 18.1. The highest BCUT2D eigenvalue weighted by Gasteiger charge is 2.06. The number of ether oxygens (including phenoxy) is 1. The van der Waals surface area contributed by atoms with Crippen LogP contribution in [-0.4, -0.2) is 16.8 Å². The molecular weight excluding hydrogens is 342 g/mol. The molecule has 0 fully saturated rings. The summed E-state index contributed by atoms with van der Waals surface area (Å²) in [5, 5.41) is 5.53. The number of benzene rings is 2. The maximum Gasteiger partial charge on any atom is 0.251 e. The molecule has 1 heterocycles. The quantitative estimate of drug-likeness (QED) is 0.700. The minimum Gasteiger partial charge on any atom is -0.439 e. The topological polar surface area (TPSA) is 80.3 Å². The smallest absolute Gasteiger partial charge is 0.251 e. The van der Waals surface area contributed by atoms with E-state index in [0.717, 1.165) is 5.56 Å². The molecule has 3 rings (SSSR count). The van der Waals surface area contributed by atoms with Gasteiger partial charge in [-0.2, -0.15) is 0 Å². The summed E-state index contributed by atoms with van der Waals surface area (Å²) in [6.07, 6.45) is 1.66. The van der Waals surface area contributed by atoms with E-state index in [1.807, 2.05) is 36.4 Å². The lowest BCUT2D eigenvalue weighted by atomic mass is 10.1. The summed E-state index contributed by atoms with van der Waals surface area (Å²) in [7, 11) is 0. The summed E-state index contributed by atoms with van der Waals surface area (Å²) in [6, 6.07) is 19.6. The SMILES string of the molecule is CC(=O)Nc1ccc(C(=O)NCc2cccc(Oc3ccccn3)c2)cc1. The van der Waals surface area contributed by atoms with Gasteiger partial charge in [-0.1, -0.05) is 18.2 Å². The third-order valence-electron chi connectivity index (χ3n) is 3.68. The first-order chi connectivity index (χ1) is 13.1. The number of rotatable bonds is 6. The van der Waals surface area contributed by atoms with Gasteiger partial charge in [-0.15, -0.1) is 0 Å². The van der Waals surface area contributed by atoms with Gasteiger partial charge in [-0.3, -0.25) is 9.59 Å². The molecule has 0 aliphatic carbocycles. The predicted octanol–water partition coefficient (Wildman–Crippen LogP) is 3.76. The van der Waals surface area contributed by atoms with E-state index in [1.165, 1.54) is 6.92 Å². The monoisotopic (exact) mass is 361 g/mol. The standard InChI is InChI=1S/C21H19N3O3/c1-15(25)24-18-10-8-17(9-11-18)21(26)23-14-16-5-4-6-19(13-16)27-20-7-2-3-12-22-20/h2-13H,14H2,1H3,(H,23,26)(H,24,25). The third-order valence-corrected chi connectivity index (χ3v) is 3.68. The van der Waals surface area contributed by atoms with Gasteiger partial charge in [0.1, 0.15) is 5.75 Å². The predicted molar refractivity (Wildman–Crippen MR) is 103 cm³/mol. The van der Waals surface area contributed by atoms with E-state index in [-0.39, 0.29) is 11.8 Å². The minimum absolute atomic E-state index is 0.153. The molecule has 0 saturated carbocycles. The summed E-state index contributed by atoms with van der Waals surface area (Å²) in [6.45, 7) is 1.80. The zero-order chi connectivity index (χ0) is 19.1. The molecule has 3 aromatic rings. The highest BCUT2D eigenvalue weighted by atomic mass is 16.5. The van der Waals surface area contributed by atoms with Crippen LogP contribution in [0.25, 0.3) is 0 Å². The maximum absolute atomic E-state index is 12.3. The van der Waals surface area contributed by atoms with Gasteiger partial charge >= 0.3 is 0 Å². The molecular formula is C21H19N3O3. The second-order valence-corrected chi connectivity index (χ2v) is 5.86. The Bertz CT molecular complexity index is 925. The van der Waals surface area contributed by atoms with Crippen molar-refractivity contribution >= 4 is 17.5 Å². The van der Waals surface area contributed by atoms with Gasteiger partial charge in [-0.05, 0) is 48.0 Å². The fourth-order valence-corrected chi connectivity index (χ4v) is 2.44. The Kier molecular flexibility index (Phi) is 5.79. The van der Waals surface area contributed by atoms with Gasteiger partial charge in [0.25, 0.3) is 5.91 Å². The zero-order valence-electron chi connectivity index (χ0n) is 14.8. The number of carbonyl (C=O) groups excluding carboxylic acids is 2. The molecule has 2 N–H and O–H groups in total. The van der Waals surface area contributed by atoms with E-state index in [4.69, 9.17) is 4.74 Å². The molecule has 6 heteroatoms. The van der Waals surface area contributed by atoms with Crippen LogP contribution < -0.4 is 15.4 Å². The van der Waals surface area contributed by atoms with Crippen LogP contribution in [0.15, 0.2) is 72.9 Å². The van der Waals surface area contributed by atoms with E-state index in [9.17, 15) is 9.59 Å². The van der Waals surface area contributed by atoms with Crippen molar-refractivity contribution in [3.05, 3.63) is 84.1 Å². The number of aromatic nitrogens is 1. The molecule has 2 amide bonds. The van der Waals surface area contributed by atoms with E-state index in [0.29, 0.717) is 29.4 Å². The number of carbonyl (C=O) groups is 2. The third kappa shape index (κ3) is 5.40. The zero-order valence-corrected chi connectivity index (χ0v) is 14.8. The van der Waals surface area contributed by atoms with E-state index < -0.39 is 0 Å². The number of hydrogen-bond donors (Lipinski definition) is 2. The number of hydrogen-bond acceptors (Lipinski definition) is 4. The van der Waals surface area contributed by atoms with Crippen molar-refractivity contribution in [1.82, 2.24) is 10.3 Å². The molecule has 0 spiro atoms. The minimum atomic E-state index is -0.194. The fraction of sp³-hybridized carbons (Fsp3) is 0.0952. The van der Waals surface area contributed by atoms with Crippen molar-refractivity contribution in [2.75, 3.05) is 5.32 Å². The highest BCUT2D eigenvalue weighted by Crippen LogP contribution is 2.20. The summed E-state index contributed by atoms with van der Waals surface area (Å²) < 4.78 is 5.70. The summed E-state index contributed by atoms with van der Waals surface area (Å²) in [5.41, 5.74) is 2.08. The number of nitrogens with zero attached hydrogens (tertiary/aromatic N) is 1. The number of pyridine rings is 1. The molecule has 0 radical (unpaired) electrons. The van der Waals surface area contributed by atoms with Crippen molar-refractivity contribution in [1.29, 1.82) is 0 Å². The average molecular weight is 361 g/mol. The average Bonchev–Trinajstić information content (AvgIpc) is 2.67. The lowest BCUT2D eigenvalue weighted by Gasteiger charge is -2.09. The molecule has 0 atom stereocenters. The van der Waals surface area contributed by atoms with Crippen molar-refractivity contribution in [3.8, 4) is 11.6 Å². The molecule has 0 bridgehead atoms. The Morgan fingerprint density at radius 1 is 1.00 bits per heavy atom. The van der Waals surface area contributed by atoms with Crippen LogP contribution in [0.5, 0.6) is 11.6 Å². The van der Waals surface area contributed by atoms with Gasteiger partial charge in [0.05, 0.1) is 0 Å². The van der Waals surface area contributed by atoms with Gasteiger partial charge in [0, 0.05) is 37.0 Å². The Labute approximate surface area is 157 Å². The molecule has 27 heavy (non-hydrogen) atoms. The van der Waals surface area contributed by atoms with Gasteiger partial charge in [0.15, 0.2) is 0 Å². The molecule has 136 valence electrons. The van der Waals surface area contributed by atoms with Gasteiger partial charge in [0.2, 0.25) is 11.8 Å². The lowest BCUT2D eigenvalue weighted by Crippen LogP contribution is -2.22. The highest BCUT2D eigenvalue weighted by molar-refractivity contribution is 5.95. The molecule has 6 nitrogen and oxygen atoms in total. The maximum atomic E-state index is 12.3. The van der Waals surface area contributed by atoms with Crippen LogP contribution >= 0.6 is 0 Å². The Hall–Kier alpha value is -3.67. The van der Waals surface area contributed by atoms with Crippen molar-refractivity contribution in [3.63, 3.8) is 0 Å². The van der Waals surface area contributed by atoms with Crippen molar-refractivity contribution < 1.29 is 14.3 Å². The summed E-state index contributed by atoms with van der Waals surface area (Å²) >= 11 is 0. The first-order valence-electron chi connectivity index (χ1n) is 8.44. The van der Waals surface area contributed by atoms with E-state index in [2.05, 4.69) is 15.6 Å². The Morgan fingerprint density at radius 3 is 2.52 bits per heavy atom. The fourth-order valence-electron chi connectivity index (χ4n) is 2.44. The Morgan fingerprint density at radius 2 is 1.81 bits per heavy atom. The largest absolute Gasteiger partial charge is 0.439 e. The van der Waals surface area contributed by atoms with Gasteiger partial charge < -0.3 is 15.4 Å². The van der Waals surface area contributed by atoms with Crippen LogP contribution in [0.2, 0.25) is 0 Å². The van der Waals surface area contributed by atoms with E-state index in [1.54, 1.807) is 36.5 Å². The molecule has 0 saturated heterocycles. The van der Waals surface area contributed by atoms with Crippen molar-refractivity contribution in [2.24, 2.45) is 0 Å². The van der Waals surface area contributed by atoms with Crippen LogP contribution in [0.1, 0.15) is 22.8 Å². The second-order valence-electron chi connectivity index (χ2n) is 5.86. The number of nitrogens with one attached hydrogen (secondary N) is 2. The summed E-state index contributed by atoms with van der Waals surface area (Å²) in [4.78, 5) is 27.4. The summed E-state index contributed by atoms with van der Waals surface area (Å²) in [5.74, 6) is 0.818. The Balaban J connectivity index is 1.58. The van der Waals surface area contributed by atoms with E-state index >= 15 is 0 Å². The van der Waals surface area contributed by atoms with Crippen LogP contribution in [0, 0.1) is 0 Å². The molecule has 0 aliphatic heterocycles. The van der Waals surface area contributed by atoms with Gasteiger partial charge in [-0.25, -0.2) is 4.98 Å². The number of amides is 2. The number of anilines is 1.